The van der Waals surface area contributed by atoms with Gasteiger partial charge in [-0.05, 0) is 43.5 Å². The zero-order valence-corrected chi connectivity index (χ0v) is 13.1. The number of halogens is 2. The Balaban J connectivity index is 2.01. The van der Waals surface area contributed by atoms with Crippen molar-refractivity contribution >= 4 is 11.6 Å². The molecule has 0 aromatic heterocycles. The number of benzene rings is 1. The minimum Gasteiger partial charge on any atom is -0.313 e. The predicted molar refractivity (Wildman–Crippen MR) is 82.5 cm³/mol. The maximum atomic E-state index is 13.5. The molecule has 20 heavy (non-hydrogen) atoms. The van der Waals surface area contributed by atoms with E-state index in [1.807, 2.05) is 6.07 Å². The number of rotatable bonds is 4. The van der Waals surface area contributed by atoms with Gasteiger partial charge in [-0.25, -0.2) is 4.39 Å². The average Bonchev–Trinajstić information content (AvgIpc) is 2.59. The van der Waals surface area contributed by atoms with Gasteiger partial charge in [0.2, 0.25) is 0 Å². The first kappa shape index (κ1) is 15.7. The number of nitrogens with zero attached hydrogens (tertiary/aromatic N) is 1. The average molecular weight is 299 g/mol. The molecule has 1 fully saturated rings. The van der Waals surface area contributed by atoms with Crippen molar-refractivity contribution in [1.29, 1.82) is 0 Å². The van der Waals surface area contributed by atoms with E-state index >= 15 is 0 Å². The van der Waals surface area contributed by atoms with Crippen LogP contribution in [0.5, 0.6) is 0 Å². The summed E-state index contributed by atoms with van der Waals surface area (Å²) in [5.74, 6) is 0.362. The van der Waals surface area contributed by atoms with Crippen molar-refractivity contribution in [2.24, 2.45) is 5.92 Å². The summed E-state index contributed by atoms with van der Waals surface area (Å²) in [6, 6.07) is 5.58. The summed E-state index contributed by atoms with van der Waals surface area (Å²) in [6.45, 7) is 8.33. The van der Waals surface area contributed by atoms with E-state index < -0.39 is 0 Å². The molecule has 0 saturated carbocycles. The highest BCUT2D eigenvalue weighted by Gasteiger charge is 2.19. The minimum atomic E-state index is -0.323. The van der Waals surface area contributed by atoms with Crippen LogP contribution in [-0.2, 0) is 6.54 Å². The van der Waals surface area contributed by atoms with Gasteiger partial charge < -0.3 is 5.32 Å². The Hall–Kier alpha value is -0.640. The maximum Gasteiger partial charge on any atom is 0.142 e. The Bertz CT molecular complexity index is 436. The van der Waals surface area contributed by atoms with Gasteiger partial charge in [0, 0.05) is 19.1 Å². The molecule has 1 heterocycles. The molecule has 0 bridgehead atoms. The van der Waals surface area contributed by atoms with Crippen molar-refractivity contribution < 1.29 is 4.39 Å². The lowest BCUT2D eigenvalue weighted by atomic mass is 10.0. The third kappa shape index (κ3) is 4.44. The van der Waals surface area contributed by atoms with Crippen molar-refractivity contribution in [3.63, 3.8) is 0 Å². The summed E-state index contributed by atoms with van der Waals surface area (Å²) >= 11 is 6.06. The summed E-state index contributed by atoms with van der Waals surface area (Å²) in [6.07, 6.45) is 2.30. The molecule has 1 saturated heterocycles. The van der Waals surface area contributed by atoms with Gasteiger partial charge in [-0.1, -0.05) is 37.6 Å². The van der Waals surface area contributed by atoms with Crippen LogP contribution in [0.1, 0.15) is 32.3 Å². The molecule has 0 radical (unpaired) electrons. The Labute approximate surface area is 126 Å². The first-order valence-electron chi connectivity index (χ1n) is 7.45. The zero-order chi connectivity index (χ0) is 14.5. The molecule has 2 nitrogen and oxygen atoms in total. The third-order valence-corrected chi connectivity index (χ3v) is 4.17. The Kier molecular flexibility index (Phi) is 5.82. The highest BCUT2D eigenvalue weighted by atomic mass is 35.5. The summed E-state index contributed by atoms with van der Waals surface area (Å²) < 4.78 is 13.5. The van der Waals surface area contributed by atoms with E-state index in [9.17, 15) is 4.39 Å². The Morgan fingerprint density at radius 2 is 2.25 bits per heavy atom. The number of hydrogen-bond donors (Lipinski definition) is 1. The molecule has 1 unspecified atom stereocenters. The van der Waals surface area contributed by atoms with E-state index in [4.69, 9.17) is 11.6 Å². The van der Waals surface area contributed by atoms with E-state index in [1.54, 1.807) is 6.07 Å². The van der Waals surface area contributed by atoms with Crippen LogP contribution >= 0.6 is 11.6 Å². The first-order valence-corrected chi connectivity index (χ1v) is 7.82. The summed E-state index contributed by atoms with van der Waals surface area (Å²) in [4.78, 5) is 2.38. The predicted octanol–water partition coefficient (Wildman–Crippen LogP) is 3.69. The van der Waals surface area contributed by atoms with Gasteiger partial charge in [0.15, 0.2) is 0 Å². The maximum absolute atomic E-state index is 13.5. The number of hydrogen-bond acceptors (Lipinski definition) is 2. The Morgan fingerprint density at radius 1 is 1.45 bits per heavy atom. The normalized spacial score (nSPS) is 21.1. The van der Waals surface area contributed by atoms with Crippen LogP contribution in [0.25, 0.3) is 0 Å². The van der Waals surface area contributed by atoms with Crippen LogP contribution in [-0.4, -0.2) is 30.6 Å². The van der Waals surface area contributed by atoms with E-state index in [0.717, 1.165) is 38.2 Å². The lowest BCUT2D eigenvalue weighted by Crippen LogP contribution is -2.38. The molecule has 1 atom stereocenters. The van der Waals surface area contributed by atoms with Crippen LogP contribution in [0.4, 0.5) is 4.39 Å². The van der Waals surface area contributed by atoms with Crippen molar-refractivity contribution in [2.45, 2.75) is 39.3 Å². The molecule has 4 heteroatoms. The van der Waals surface area contributed by atoms with Crippen LogP contribution in [0.3, 0.4) is 0 Å². The van der Waals surface area contributed by atoms with Crippen molar-refractivity contribution in [3.05, 3.63) is 34.6 Å². The summed E-state index contributed by atoms with van der Waals surface area (Å²) in [5.41, 5.74) is 0.886. The van der Waals surface area contributed by atoms with Gasteiger partial charge >= 0.3 is 0 Å². The van der Waals surface area contributed by atoms with Gasteiger partial charge in [0.1, 0.15) is 5.82 Å². The van der Waals surface area contributed by atoms with Crippen LogP contribution in [0.15, 0.2) is 18.2 Å². The van der Waals surface area contributed by atoms with Gasteiger partial charge in [-0.3, -0.25) is 4.90 Å². The van der Waals surface area contributed by atoms with Crippen molar-refractivity contribution in [2.75, 3.05) is 19.6 Å². The first-order chi connectivity index (χ1) is 9.56. The fraction of sp³-hybridized carbons (Fsp3) is 0.625. The molecule has 1 aromatic carbocycles. The molecule has 2 rings (SSSR count). The smallest absolute Gasteiger partial charge is 0.142 e. The van der Waals surface area contributed by atoms with Gasteiger partial charge in [-0.15, -0.1) is 0 Å². The molecular formula is C16H24ClFN2. The summed E-state index contributed by atoms with van der Waals surface area (Å²) in [5, 5.41) is 3.87. The largest absolute Gasteiger partial charge is 0.313 e. The molecule has 0 amide bonds. The highest BCUT2D eigenvalue weighted by molar-refractivity contribution is 6.31. The number of nitrogens with one attached hydrogen (secondary N) is 1. The highest BCUT2D eigenvalue weighted by Crippen LogP contribution is 2.22. The van der Waals surface area contributed by atoms with Crippen LogP contribution in [0.2, 0.25) is 5.02 Å². The molecule has 112 valence electrons. The Morgan fingerprint density at radius 3 is 3.00 bits per heavy atom. The SMILES string of the molecule is CC(C)CC1CN(Cc2cccc(F)c2Cl)CCCN1. The second-order valence-electron chi connectivity index (χ2n) is 6.08. The van der Waals surface area contributed by atoms with Gasteiger partial charge in [-0.2, -0.15) is 0 Å². The monoisotopic (exact) mass is 298 g/mol. The molecule has 1 aliphatic rings. The minimum absolute atomic E-state index is 0.269. The van der Waals surface area contributed by atoms with Crippen LogP contribution in [0, 0.1) is 11.7 Å². The third-order valence-electron chi connectivity index (χ3n) is 3.74. The van der Waals surface area contributed by atoms with Gasteiger partial charge in [0.25, 0.3) is 0 Å². The van der Waals surface area contributed by atoms with Gasteiger partial charge in [0.05, 0.1) is 5.02 Å². The quantitative estimate of drug-likeness (QED) is 0.912. The lowest BCUT2D eigenvalue weighted by Gasteiger charge is -2.25. The molecule has 1 N–H and O–H groups in total. The molecule has 0 aliphatic carbocycles. The zero-order valence-electron chi connectivity index (χ0n) is 12.3. The fourth-order valence-corrected chi connectivity index (χ4v) is 3.04. The molecule has 0 spiro atoms. The standard InChI is InChI=1S/C16H24ClFN2/c1-12(2)9-14-11-20(8-4-7-19-14)10-13-5-3-6-15(18)16(13)17/h3,5-6,12,14,19H,4,7-11H2,1-2H3. The second-order valence-corrected chi connectivity index (χ2v) is 6.46. The van der Waals surface area contributed by atoms with Crippen molar-refractivity contribution in [3.8, 4) is 0 Å². The van der Waals surface area contributed by atoms with Crippen molar-refractivity contribution in [1.82, 2.24) is 10.2 Å². The van der Waals surface area contributed by atoms with E-state index in [0.29, 0.717) is 12.0 Å². The van der Waals surface area contributed by atoms with E-state index in [2.05, 4.69) is 24.1 Å². The van der Waals surface area contributed by atoms with Crippen LogP contribution < -0.4 is 5.32 Å². The van der Waals surface area contributed by atoms with E-state index in [1.165, 1.54) is 12.5 Å². The second kappa shape index (κ2) is 7.39. The topological polar surface area (TPSA) is 15.3 Å². The molecule has 1 aromatic rings. The fourth-order valence-electron chi connectivity index (χ4n) is 2.86. The van der Waals surface area contributed by atoms with E-state index in [-0.39, 0.29) is 10.8 Å². The lowest BCUT2D eigenvalue weighted by molar-refractivity contribution is 0.247. The molecule has 1 aliphatic heterocycles. The summed E-state index contributed by atoms with van der Waals surface area (Å²) in [7, 11) is 0. The molecular weight excluding hydrogens is 275 g/mol.